The zero-order valence-corrected chi connectivity index (χ0v) is 23.1. The number of aliphatic hydroxyl groups excluding tert-OH is 1. The predicted molar refractivity (Wildman–Crippen MR) is 142 cm³/mol. The third-order valence-corrected chi connectivity index (χ3v) is 10.9. The fourth-order valence-electron chi connectivity index (χ4n) is 8.85. The van der Waals surface area contributed by atoms with E-state index in [1.807, 2.05) is 25.1 Å². The van der Waals surface area contributed by atoms with Crippen molar-refractivity contribution in [1.29, 1.82) is 5.26 Å². The number of alkyl halides is 2. The number of allylic oxidation sites excluding steroid dienone is 4. The van der Waals surface area contributed by atoms with E-state index in [0.29, 0.717) is 24.5 Å². The lowest BCUT2D eigenvalue weighted by molar-refractivity contribution is -0.269. The summed E-state index contributed by atoms with van der Waals surface area (Å²) in [7, 11) is 0. The normalized spacial score (nSPS) is 43.7. The number of halogens is 3. The molecule has 4 fully saturated rings. The van der Waals surface area contributed by atoms with E-state index in [1.165, 1.54) is 18.2 Å². The molecule has 0 aromatic heterocycles. The number of carbonyl (C=O) groups is 2. The summed E-state index contributed by atoms with van der Waals surface area (Å²) >= 11 is 6.03. The molecule has 1 aromatic carbocycles. The summed E-state index contributed by atoms with van der Waals surface area (Å²) in [5.41, 5.74) is -5.30. The highest BCUT2D eigenvalue weighted by Gasteiger charge is 2.79. The zero-order valence-electron chi connectivity index (χ0n) is 22.4. The van der Waals surface area contributed by atoms with E-state index >= 15 is 8.78 Å². The van der Waals surface area contributed by atoms with E-state index in [2.05, 4.69) is 5.32 Å². The average molecular weight is 572 g/mol. The SMILES string of the molecule is C[C@]12C=CC(=O)C=C1[C@@H](F)C[C@H]1[C@@H]3C[C@H]4CN(Cc5ccc(Cl)cc5)O[C@@]4(C(=O)NCC#N)[C@@]3(C)C[C@H](O)[C@@]12F. The van der Waals surface area contributed by atoms with E-state index in [0.717, 1.165) is 5.56 Å². The van der Waals surface area contributed by atoms with E-state index < -0.39 is 57.9 Å². The molecule has 5 aliphatic rings. The Balaban J connectivity index is 1.40. The van der Waals surface area contributed by atoms with E-state index in [-0.39, 0.29) is 30.9 Å². The van der Waals surface area contributed by atoms with E-state index in [1.54, 1.807) is 24.1 Å². The number of carbonyl (C=O) groups excluding carboxylic acids is 2. The number of benzene rings is 1. The number of fused-ring (bicyclic) bond motifs is 7. The number of rotatable bonds is 4. The van der Waals surface area contributed by atoms with Gasteiger partial charge in [-0.2, -0.15) is 10.3 Å². The molecule has 7 nitrogen and oxygen atoms in total. The third-order valence-electron chi connectivity index (χ3n) is 10.6. The number of amides is 1. The molecule has 1 saturated heterocycles. The molecule has 6 rings (SSSR count). The van der Waals surface area contributed by atoms with Gasteiger partial charge in [0, 0.05) is 40.8 Å². The summed E-state index contributed by atoms with van der Waals surface area (Å²) < 4.78 is 33.3. The van der Waals surface area contributed by atoms with E-state index in [4.69, 9.17) is 16.4 Å². The van der Waals surface area contributed by atoms with Crippen molar-refractivity contribution in [1.82, 2.24) is 10.4 Å². The molecule has 3 saturated carbocycles. The molecule has 0 radical (unpaired) electrons. The number of nitrogens with one attached hydrogen (secondary N) is 1. The third kappa shape index (κ3) is 3.49. The molecule has 10 heteroatoms. The summed E-state index contributed by atoms with van der Waals surface area (Å²) in [6, 6.07) is 9.21. The highest BCUT2D eigenvalue weighted by atomic mass is 35.5. The minimum atomic E-state index is -2.24. The van der Waals surface area contributed by atoms with Crippen molar-refractivity contribution in [3.8, 4) is 6.07 Å². The van der Waals surface area contributed by atoms with Crippen LogP contribution in [0.2, 0.25) is 5.02 Å². The molecule has 1 amide bonds. The van der Waals surface area contributed by atoms with E-state index in [9.17, 15) is 20.0 Å². The molecule has 0 unspecified atom stereocenters. The van der Waals surface area contributed by atoms with Gasteiger partial charge in [0.05, 0.1) is 12.2 Å². The quantitative estimate of drug-likeness (QED) is 0.530. The summed E-state index contributed by atoms with van der Waals surface area (Å²) in [6.07, 6.45) is 0.801. The number of aliphatic hydroxyl groups is 1. The molecule has 1 aliphatic heterocycles. The van der Waals surface area contributed by atoms with Crippen LogP contribution in [-0.4, -0.2) is 58.5 Å². The Bertz CT molecular complexity index is 1360. The number of ketones is 1. The van der Waals surface area contributed by atoms with Crippen LogP contribution in [0.3, 0.4) is 0 Å². The van der Waals surface area contributed by atoms with Gasteiger partial charge in [-0.15, -0.1) is 0 Å². The minimum absolute atomic E-state index is 0.0615. The Morgan fingerprint density at radius 1 is 1.27 bits per heavy atom. The van der Waals surface area contributed by atoms with Crippen molar-refractivity contribution in [3.63, 3.8) is 0 Å². The second kappa shape index (κ2) is 9.18. The van der Waals surface area contributed by atoms with Crippen LogP contribution in [-0.2, 0) is 21.0 Å². The topological polar surface area (TPSA) is 103 Å². The second-order valence-corrected chi connectivity index (χ2v) is 12.8. The molecule has 212 valence electrons. The summed E-state index contributed by atoms with van der Waals surface area (Å²) in [4.78, 5) is 32.6. The highest BCUT2D eigenvalue weighted by Crippen LogP contribution is 2.72. The van der Waals surface area contributed by atoms with Gasteiger partial charge in [-0.25, -0.2) is 8.78 Å². The predicted octanol–water partition coefficient (Wildman–Crippen LogP) is 4.01. The zero-order chi connectivity index (χ0) is 28.7. The summed E-state index contributed by atoms with van der Waals surface area (Å²) in [6.45, 7) is 3.90. The van der Waals surface area contributed by atoms with Gasteiger partial charge in [0.25, 0.3) is 5.91 Å². The van der Waals surface area contributed by atoms with Gasteiger partial charge in [0.1, 0.15) is 12.7 Å². The van der Waals surface area contributed by atoms with Crippen LogP contribution in [0.15, 0.2) is 48.1 Å². The van der Waals surface area contributed by atoms with Crippen molar-refractivity contribution >= 4 is 23.3 Å². The lowest BCUT2D eigenvalue weighted by Gasteiger charge is -2.63. The van der Waals surface area contributed by atoms with Gasteiger partial charge < -0.3 is 10.4 Å². The smallest absolute Gasteiger partial charge is 0.256 e. The number of hydrogen-bond acceptors (Lipinski definition) is 6. The van der Waals surface area contributed by atoms with Crippen molar-refractivity contribution in [2.75, 3.05) is 13.1 Å². The number of nitriles is 1. The van der Waals surface area contributed by atoms with Crippen LogP contribution in [0.1, 0.15) is 38.7 Å². The first-order valence-corrected chi connectivity index (χ1v) is 14.1. The molecular formula is C30H32ClF2N3O4. The monoisotopic (exact) mass is 571 g/mol. The lowest BCUT2D eigenvalue weighted by atomic mass is 9.44. The maximum atomic E-state index is 17.5. The van der Waals surface area contributed by atoms with Crippen LogP contribution in [0.5, 0.6) is 0 Å². The summed E-state index contributed by atoms with van der Waals surface area (Å²) in [5, 5.41) is 25.8. The molecular weight excluding hydrogens is 540 g/mol. The average Bonchev–Trinajstić information content (AvgIpc) is 3.39. The van der Waals surface area contributed by atoms with Crippen molar-refractivity contribution in [2.45, 2.75) is 63.2 Å². The van der Waals surface area contributed by atoms with Gasteiger partial charge >= 0.3 is 0 Å². The molecule has 9 atom stereocenters. The van der Waals surface area contributed by atoms with Crippen molar-refractivity contribution in [3.05, 3.63) is 58.7 Å². The van der Waals surface area contributed by atoms with Crippen LogP contribution in [0, 0.1) is 39.9 Å². The van der Waals surface area contributed by atoms with Crippen LogP contribution >= 0.6 is 11.6 Å². The number of nitrogens with zero attached hydrogens (tertiary/aromatic N) is 2. The van der Waals surface area contributed by atoms with Crippen molar-refractivity contribution in [2.24, 2.45) is 28.6 Å². The second-order valence-electron chi connectivity index (χ2n) is 12.4. The maximum absolute atomic E-state index is 17.5. The Morgan fingerprint density at radius 2 is 2.00 bits per heavy atom. The standard InChI is InChI=1S/C30H32ClF2N3O4/c1-27-8-7-20(37)12-23(27)24(32)13-22-21-11-18-16-36(15-17-3-5-19(31)6-4-17)40-30(18,26(39)35-10-9-34)28(21,2)14-25(38)29(22,27)33/h3-8,12,18,21-22,24-25,38H,10-11,13-16H2,1-2H3,(H,35,39)/t18-,21-,22-,24-,25-,27-,28-,29-,30-/m0/s1. The Kier molecular flexibility index (Phi) is 6.32. The summed E-state index contributed by atoms with van der Waals surface area (Å²) in [5.74, 6) is -2.67. The van der Waals surface area contributed by atoms with Gasteiger partial charge in [0.15, 0.2) is 17.1 Å². The molecule has 1 heterocycles. The first-order valence-electron chi connectivity index (χ1n) is 13.7. The molecule has 4 aliphatic carbocycles. The lowest BCUT2D eigenvalue weighted by Crippen LogP contribution is -2.71. The molecule has 40 heavy (non-hydrogen) atoms. The number of hydrogen-bond donors (Lipinski definition) is 2. The Morgan fingerprint density at radius 3 is 2.70 bits per heavy atom. The fraction of sp³-hybridized carbons (Fsp3) is 0.567. The Hall–Kier alpha value is -2.64. The minimum Gasteiger partial charge on any atom is -0.390 e. The molecule has 2 N–H and O–H groups in total. The van der Waals surface area contributed by atoms with Crippen LogP contribution < -0.4 is 5.32 Å². The van der Waals surface area contributed by atoms with Gasteiger partial charge in [-0.05, 0) is 67.5 Å². The highest BCUT2D eigenvalue weighted by molar-refractivity contribution is 6.30. The molecule has 0 spiro atoms. The number of hydroxylamine groups is 2. The Labute approximate surface area is 236 Å². The van der Waals surface area contributed by atoms with Gasteiger partial charge in [-0.3, -0.25) is 14.4 Å². The largest absolute Gasteiger partial charge is 0.390 e. The first-order chi connectivity index (χ1) is 18.9. The first kappa shape index (κ1) is 27.5. The molecule has 0 bridgehead atoms. The maximum Gasteiger partial charge on any atom is 0.256 e. The van der Waals surface area contributed by atoms with Crippen molar-refractivity contribution < 1.29 is 28.3 Å². The molecule has 1 aromatic rings. The fourth-order valence-corrected chi connectivity index (χ4v) is 8.98. The van der Waals surface area contributed by atoms with Crippen LogP contribution in [0.25, 0.3) is 0 Å². The van der Waals surface area contributed by atoms with Gasteiger partial charge in [0.2, 0.25) is 0 Å². The van der Waals surface area contributed by atoms with Gasteiger partial charge in [-0.1, -0.05) is 36.7 Å². The van der Waals surface area contributed by atoms with Crippen LogP contribution in [0.4, 0.5) is 8.78 Å².